The molecule has 2 aromatic rings. The third-order valence-electron chi connectivity index (χ3n) is 3.04. The molecule has 1 amide bonds. The molecular weight excluding hydrogens is 312 g/mol. The van der Waals surface area contributed by atoms with Crippen molar-refractivity contribution in [3.63, 3.8) is 0 Å². The summed E-state index contributed by atoms with van der Waals surface area (Å²) in [5.41, 5.74) is 1.22. The van der Waals surface area contributed by atoms with E-state index in [9.17, 15) is 22.4 Å². The van der Waals surface area contributed by atoms with Crippen molar-refractivity contribution >= 4 is 11.6 Å². The summed E-state index contributed by atoms with van der Waals surface area (Å²) in [6.45, 7) is 0.607. The van der Waals surface area contributed by atoms with E-state index < -0.39 is 12.1 Å². The maximum absolute atomic E-state index is 13.4. The fourth-order valence-electron chi connectivity index (χ4n) is 1.94. The van der Waals surface area contributed by atoms with Crippen LogP contribution in [0.2, 0.25) is 0 Å². The van der Waals surface area contributed by atoms with E-state index in [1.807, 2.05) is 0 Å². The number of nitrogens with one attached hydrogen (secondary N) is 2. The van der Waals surface area contributed by atoms with Gasteiger partial charge in [0.15, 0.2) is 0 Å². The fourth-order valence-corrected chi connectivity index (χ4v) is 1.94. The first-order chi connectivity index (χ1) is 10.9. The molecule has 2 N–H and O–H groups in total. The molecule has 0 saturated heterocycles. The predicted molar refractivity (Wildman–Crippen MR) is 78.1 cm³/mol. The van der Waals surface area contributed by atoms with Crippen LogP contribution in [0.3, 0.4) is 0 Å². The first kappa shape index (κ1) is 17.0. The second kappa shape index (κ2) is 7.23. The highest BCUT2D eigenvalue weighted by Crippen LogP contribution is 2.19. The Kier molecular flexibility index (Phi) is 5.33. The lowest BCUT2D eigenvalue weighted by molar-refractivity contribution is -0.167. The van der Waals surface area contributed by atoms with E-state index in [0.29, 0.717) is 17.7 Å². The zero-order valence-electron chi connectivity index (χ0n) is 12.0. The van der Waals surface area contributed by atoms with Crippen LogP contribution >= 0.6 is 0 Å². The number of rotatable bonds is 5. The zero-order valence-corrected chi connectivity index (χ0v) is 12.0. The Morgan fingerprint density at radius 2 is 1.74 bits per heavy atom. The van der Waals surface area contributed by atoms with Gasteiger partial charge in [-0.05, 0) is 23.8 Å². The van der Waals surface area contributed by atoms with Crippen molar-refractivity contribution < 1.29 is 22.4 Å². The van der Waals surface area contributed by atoms with Gasteiger partial charge in [0.05, 0.1) is 0 Å². The second-order valence-electron chi connectivity index (χ2n) is 4.85. The average molecular weight is 326 g/mol. The number of halogens is 4. The monoisotopic (exact) mass is 326 g/mol. The number of hydrogen-bond donors (Lipinski definition) is 2. The summed E-state index contributed by atoms with van der Waals surface area (Å²) in [5.74, 6) is -2.35. The van der Waals surface area contributed by atoms with Crippen LogP contribution in [0, 0.1) is 5.82 Å². The first-order valence-corrected chi connectivity index (χ1v) is 6.77. The van der Waals surface area contributed by atoms with Gasteiger partial charge in [-0.1, -0.05) is 30.3 Å². The zero-order chi connectivity index (χ0) is 16.9. The molecule has 0 fully saturated rings. The standard InChI is InChI=1S/C16H14F4N2O/c17-14-7-2-1-5-12(14)10-21-9-11-4-3-6-13(8-11)22-15(23)16(18,19)20/h1-8,21H,9-10H2,(H,22,23). The lowest BCUT2D eigenvalue weighted by atomic mass is 10.1. The molecule has 0 atom stereocenters. The normalized spacial score (nSPS) is 11.3. The van der Waals surface area contributed by atoms with Gasteiger partial charge in [0.2, 0.25) is 0 Å². The topological polar surface area (TPSA) is 41.1 Å². The van der Waals surface area contributed by atoms with Crippen LogP contribution in [0.5, 0.6) is 0 Å². The van der Waals surface area contributed by atoms with Crippen molar-refractivity contribution in [1.82, 2.24) is 5.32 Å². The van der Waals surface area contributed by atoms with E-state index in [1.165, 1.54) is 24.3 Å². The molecule has 0 aliphatic heterocycles. The molecule has 0 aliphatic rings. The van der Waals surface area contributed by atoms with E-state index in [-0.39, 0.29) is 18.0 Å². The minimum absolute atomic E-state index is 0.0533. The first-order valence-electron chi connectivity index (χ1n) is 6.77. The van der Waals surface area contributed by atoms with Gasteiger partial charge in [0, 0.05) is 24.3 Å². The van der Waals surface area contributed by atoms with Gasteiger partial charge in [-0.3, -0.25) is 4.79 Å². The van der Waals surface area contributed by atoms with Crippen LogP contribution in [-0.2, 0) is 17.9 Å². The molecule has 2 rings (SSSR count). The van der Waals surface area contributed by atoms with E-state index in [4.69, 9.17) is 0 Å². The Balaban J connectivity index is 1.93. The predicted octanol–water partition coefficient (Wildman–Crippen LogP) is 3.62. The highest BCUT2D eigenvalue weighted by Gasteiger charge is 2.38. The molecule has 7 heteroatoms. The summed E-state index contributed by atoms with van der Waals surface area (Å²) in [5, 5.41) is 4.78. The summed E-state index contributed by atoms with van der Waals surface area (Å²) in [4.78, 5) is 10.9. The third-order valence-corrected chi connectivity index (χ3v) is 3.04. The molecule has 0 aliphatic carbocycles. The highest BCUT2D eigenvalue weighted by molar-refractivity contribution is 5.94. The van der Waals surface area contributed by atoms with Crippen LogP contribution in [0.4, 0.5) is 23.2 Å². The maximum atomic E-state index is 13.4. The van der Waals surface area contributed by atoms with Crippen LogP contribution in [0.1, 0.15) is 11.1 Å². The molecule has 2 aromatic carbocycles. The summed E-state index contributed by atoms with van der Waals surface area (Å²) < 4.78 is 50.1. The minimum atomic E-state index is -4.93. The molecule has 0 radical (unpaired) electrons. The Morgan fingerprint density at radius 1 is 1.00 bits per heavy atom. The minimum Gasteiger partial charge on any atom is -0.318 e. The molecule has 0 saturated carbocycles. The number of carbonyl (C=O) groups excluding carboxylic acids is 1. The summed E-state index contributed by atoms with van der Waals surface area (Å²) in [6.07, 6.45) is -4.93. The van der Waals surface area contributed by atoms with Gasteiger partial charge in [0.1, 0.15) is 5.82 Å². The van der Waals surface area contributed by atoms with E-state index in [0.717, 1.165) is 0 Å². The molecule has 0 aromatic heterocycles. The summed E-state index contributed by atoms with van der Waals surface area (Å²) in [6, 6.07) is 12.3. The number of anilines is 1. The maximum Gasteiger partial charge on any atom is 0.471 e. The number of amides is 1. The fraction of sp³-hybridized carbons (Fsp3) is 0.188. The Labute approximate surface area is 130 Å². The van der Waals surface area contributed by atoms with Gasteiger partial charge in [-0.25, -0.2) is 4.39 Å². The van der Waals surface area contributed by atoms with Crippen molar-refractivity contribution in [3.8, 4) is 0 Å². The van der Waals surface area contributed by atoms with Crippen LogP contribution in [-0.4, -0.2) is 12.1 Å². The molecule has 0 heterocycles. The second-order valence-corrected chi connectivity index (χ2v) is 4.85. The number of carbonyl (C=O) groups is 1. The molecule has 122 valence electrons. The smallest absolute Gasteiger partial charge is 0.318 e. The van der Waals surface area contributed by atoms with Crippen molar-refractivity contribution in [2.45, 2.75) is 19.3 Å². The largest absolute Gasteiger partial charge is 0.471 e. The molecule has 3 nitrogen and oxygen atoms in total. The highest BCUT2D eigenvalue weighted by atomic mass is 19.4. The van der Waals surface area contributed by atoms with Gasteiger partial charge < -0.3 is 10.6 Å². The number of alkyl halides is 3. The Hall–Kier alpha value is -2.41. The van der Waals surface area contributed by atoms with Crippen LogP contribution < -0.4 is 10.6 Å². The average Bonchev–Trinajstić information content (AvgIpc) is 2.49. The van der Waals surface area contributed by atoms with Crippen molar-refractivity contribution in [3.05, 3.63) is 65.5 Å². The van der Waals surface area contributed by atoms with Crippen molar-refractivity contribution in [2.24, 2.45) is 0 Å². The molecule has 0 unspecified atom stereocenters. The van der Waals surface area contributed by atoms with Crippen molar-refractivity contribution in [2.75, 3.05) is 5.32 Å². The van der Waals surface area contributed by atoms with E-state index in [1.54, 1.807) is 29.6 Å². The number of hydrogen-bond acceptors (Lipinski definition) is 2. The van der Waals surface area contributed by atoms with E-state index in [2.05, 4.69) is 5.32 Å². The summed E-state index contributed by atoms with van der Waals surface area (Å²) >= 11 is 0. The van der Waals surface area contributed by atoms with Gasteiger partial charge >= 0.3 is 12.1 Å². The van der Waals surface area contributed by atoms with E-state index >= 15 is 0 Å². The molecule has 0 spiro atoms. The van der Waals surface area contributed by atoms with Gasteiger partial charge in [0.25, 0.3) is 0 Å². The number of benzene rings is 2. The lowest BCUT2D eigenvalue weighted by Crippen LogP contribution is -2.29. The van der Waals surface area contributed by atoms with Gasteiger partial charge in [-0.15, -0.1) is 0 Å². The van der Waals surface area contributed by atoms with Crippen molar-refractivity contribution in [1.29, 1.82) is 0 Å². The molecule has 0 bridgehead atoms. The molecule has 23 heavy (non-hydrogen) atoms. The third kappa shape index (κ3) is 5.07. The Morgan fingerprint density at radius 3 is 2.43 bits per heavy atom. The van der Waals surface area contributed by atoms with Gasteiger partial charge in [-0.2, -0.15) is 13.2 Å². The molecular formula is C16H14F4N2O. The quantitative estimate of drug-likeness (QED) is 0.824. The van der Waals surface area contributed by atoms with Crippen LogP contribution in [0.25, 0.3) is 0 Å². The Bertz CT molecular complexity index is 686. The lowest BCUT2D eigenvalue weighted by Gasteiger charge is -2.10. The SMILES string of the molecule is O=C(Nc1cccc(CNCc2ccccc2F)c1)C(F)(F)F. The van der Waals surface area contributed by atoms with Crippen LogP contribution in [0.15, 0.2) is 48.5 Å². The summed E-state index contributed by atoms with van der Waals surface area (Å²) in [7, 11) is 0.